The number of phenols is 1. The summed E-state index contributed by atoms with van der Waals surface area (Å²) in [4.78, 5) is 22.5. The van der Waals surface area contributed by atoms with Crippen LogP contribution < -0.4 is 5.32 Å². The lowest BCUT2D eigenvalue weighted by Gasteiger charge is -2.08. The third-order valence-corrected chi connectivity index (χ3v) is 3.07. The zero-order valence-corrected chi connectivity index (χ0v) is 11.5. The number of carbonyl (C=O) groups is 2. The van der Waals surface area contributed by atoms with E-state index in [0.29, 0.717) is 0 Å². The standard InChI is InChI=1S/C16H14FNO4/c17-13-9-11(7-5-10(13)6-8-15(20)21)18-16(22)12-3-1-2-4-14(12)19/h1-5,7,9,19H,6,8H2,(H,18,22)(H,20,21). The Morgan fingerprint density at radius 3 is 2.50 bits per heavy atom. The Labute approximate surface area is 126 Å². The number of para-hydroxylation sites is 1. The molecule has 114 valence electrons. The SMILES string of the molecule is O=C(O)CCc1ccc(NC(=O)c2ccccc2O)cc1F. The van der Waals surface area contributed by atoms with E-state index in [-0.39, 0.29) is 35.4 Å². The van der Waals surface area contributed by atoms with Crippen LogP contribution >= 0.6 is 0 Å². The number of phenolic OH excluding ortho intramolecular Hbond substituents is 1. The second kappa shape index (κ2) is 6.71. The molecule has 0 aliphatic heterocycles. The van der Waals surface area contributed by atoms with Gasteiger partial charge in [0.15, 0.2) is 0 Å². The second-order valence-electron chi connectivity index (χ2n) is 4.67. The third kappa shape index (κ3) is 3.82. The minimum Gasteiger partial charge on any atom is -0.507 e. The van der Waals surface area contributed by atoms with Crippen molar-refractivity contribution < 1.29 is 24.2 Å². The van der Waals surface area contributed by atoms with Crippen molar-refractivity contribution in [3.8, 4) is 5.75 Å². The molecule has 2 aromatic rings. The van der Waals surface area contributed by atoms with Crippen molar-refractivity contribution in [2.45, 2.75) is 12.8 Å². The van der Waals surface area contributed by atoms with Gasteiger partial charge >= 0.3 is 5.97 Å². The van der Waals surface area contributed by atoms with E-state index in [1.165, 1.54) is 24.3 Å². The molecule has 0 saturated carbocycles. The maximum Gasteiger partial charge on any atom is 0.303 e. The van der Waals surface area contributed by atoms with Crippen LogP contribution in [-0.2, 0) is 11.2 Å². The highest BCUT2D eigenvalue weighted by molar-refractivity contribution is 6.06. The zero-order valence-electron chi connectivity index (χ0n) is 11.5. The lowest BCUT2D eigenvalue weighted by molar-refractivity contribution is -0.136. The molecular formula is C16H14FNO4. The number of aryl methyl sites for hydroxylation is 1. The molecule has 0 atom stereocenters. The number of amides is 1. The van der Waals surface area contributed by atoms with Crippen LogP contribution in [0.1, 0.15) is 22.3 Å². The van der Waals surface area contributed by atoms with Gasteiger partial charge in [-0.05, 0) is 36.2 Å². The molecule has 0 saturated heterocycles. The molecule has 5 nitrogen and oxygen atoms in total. The van der Waals surface area contributed by atoms with Gasteiger partial charge in [-0.1, -0.05) is 18.2 Å². The van der Waals surface area contributed by atoms with E-state index < -0.39 is 17.7 Å². The number of aromatic hydroxyl groups is 1. The Kier molecular flexibility index (Phi) is 4.73. The van der Waals surface area contributed by atoms with E-state index in [1.54, 1.807) is 12.1 Å². The number of hydrogen-bond acceptors (Lipinski definition) is 3. The van der Waals surface area contributed by atoms with Crippen LogP contribution in [0.2, 0.25) is 0 Å². The third-order valence-electron chi connectivity index (χ3n) is 3.07. The zero-order chi connectivity index (χ0) is 16.1. The van der Waals surface area contributed by atoms with E-state index in [1.807, 2.05) is 0 Å². The van der Waals surface area contributed by atoms with Gasteiger partial charge in [0.25, 0.3) is 5.91 Å². The summed E-state index contributed by atoms with van der Waals surface area (Å²) in [5.41, 5.74) is 0.575. The molecule has 0 spiro atoms. The number of rotatable bonds is 5. The average Bonchev–Trinajstić information content (AvgIpc) is 2.46. The molecule has 0 unspecified atom stereocenters. The number of hydrogen-bond donors (Lipinski definition) is 3. The molecule has 0 aliphatic rings. The van der Waals surface area contributed by atoms with Crippen molar-refractivity contribution in [1.82, 2.24) is 0 Å². The number of carboxylic acid groups (broad SMARTS) is 1. The molecule has 2 rings (SSSR count). The number of aliphatic carboxylic acids is 1. The van der Waals surface area contributed by atoms with Gasteiger partial charge in [0.05, 0.1) is 5.56 Å². The van der Waals surface area contributed by atoms with Gasteiger partial charge in [-0.2, -0.15) is 0 Å². The molecule has 0 radical (unpaired) electrons. The van der Waals surface area contributed by atoms with Crippen molar-refractivity contribution in [1.29, 1.82) is 0 Å². The number of carboxylic acids is 1. The minimum absolute atomic E-state index is 0.0782. The van der Waals surface area contributed by atoms with Crippen LogP contribution in [0.15, 0.2) is 42.5 Å². The normalized spacial score (nSPS) is 10.2. The minimum atomic E-state index is -1.00. The van der Waals surface area contributed by atoms with Gasteiger partial charge in [-0.25, -0.2) is 4.39 Å². The van der Waals surface area contributed by atoms with Gasteiger partial charge in [0, 0.05) is 12.1 Å². The Morgan fingerprint density at radius 2 is 1.86 bits per heavy atom. The maximum atomic E-state index is 13.8. The van der Waals surface area contributed by atoms with Crippen molar-refractivity contribution in [3.63, 3.8) is 0 Å². The van der Waals surface area contributed by atoms with E-state index in [0.717, 1.165) is 6.07 Å². The molecule has 0 aliphatic carbocycles. The Morgan fingerprint density at radius 1 is 1.14 bits per heavy atom. The summed E-state index contributed by atoms with van der Waals surface area (Å²) in [5.74, 6) is -2.32. The van der Waals surface area contributed by atoms with Gasteiger partial charge in [0.2, 0.25) is 0 Å². The predicted octanol–water partition coefficient (Wildman–Crippen LogP) is 2.80. The number of carbonyl (C=O) groups excluding carboxylic acids is 1. The quantitative estimate of drug-likeness (QED) is 0.792. The Hall–Kier alpha value is -2.89. The van der Waals surface area contributed by atoms with Crippen LogP contribution in [0.25, 0.3) is 0 Å². The van der Waals surface area contributed by atoms with Gasteiger partial charge < -0.3 is 15.5 Å². The first-order valence-corrected chi connectivity index (χ1v) is 6.57. The highest BCUT2D eigenvalue weighted by atomic mass is 19.1. The van der Waals surface area contributed by atoms with Gasteiger partial charge in [-0.3, -0.25) is 9.59 Å². The predicted molar refractivity (Wildman–Crippen MR) is 78.4 cm³/mol. The number of benzene rings is 2. The van der Waals surface area contributed by atoms with Crippen LogP contribution in [0, 0.1) is 5.82 Å². The summed E-state index contributed by atoms with van der Waals surface area (Å²) in [6.07, 6.45) is -0.0879. The lowest BCUT2D eigenvalue weighted by atomic mass is 10.1. The fourth-order valence-corrected chi connectivity index (χ4v) is 1.93. The largest absolute Gasteiger partial charge is 0.507 e. The Balaban J connectivity index is 2.11. The summed E-state index contributed by atoms with van der Waals surface area (Å²) < 4.78 is 13.8. The van der Waals surface area contributed by atoms with E-state index in [4.69, 9.17) is 5.11 Å². The van der Waals surface area contributed by atoms with Crippen molar-refractivity contribution in [3.05, 3.63) is 59.4 Å². The topological polar surface area (TPSA) is 86.6 Å². The van der Waals surface area contributed by atoms with Crippen LogP contribution in [0.3, 0.4) is 0 Å². The molecule has 3 N–H and O–H groups in total. The fraction of sp³-hybridized carbons (Fsp3) is 0.125. The van der Waals surface area contributed by atoms with Crippen LogP contribution in [0.5, 0.6) is 5.75 Å². The molecule has 1 amide bonds. The van der Waals surface area contributed by atoms with E-state index >= 15 is 0 Å². The van der Waals surface area contributed by atoms with Crippen molar-refractivity contribution in [2.75, 3.05) is 5.32 Å². The molecule has 6 heteroatoms. The lowest BCUT2D eigenvalue weighted by Crippen LogP contribution is -2.12. The molecular weight excluding hydrogens is 289 g/mol. The summed E-state index contributed by atoms with van der Waals surface area (Å²) in [6, 6.07) is 10.0. The number of nitrogens with one attached hydrogen (secondary N) is 1. The summed E-state index contributed by atoms with van der Waals surface area (Å²) in [7, 11) is 0. The molecule has 0 fully saturated rings. The Bertz CT molecular complexity index is 715. The molecule has 22 heavy (non-hydrogen) atoms. The van der Waals surface area contributed by atoms with E-state index in [9.17, 15) is 19.1 Å². The van der Waals surface area contributed by atoms with Crippen molar-refractivity contribution in [2.24, 2.45) is 0 Å². The summed E-state index contributed by atoms with van der Waals surface area (Å²) >= 11 is 0. The number of halogens is 1. The van der Waals surface area contributed by atoms with E-state index in [2.05, 4.69) is 5.32 Å². The van der Waals surface area contributed by atoms with Crippen LogP contribution in [0.4, 0.5) is 10.1 Å². The highest BCUT2D eigenvalue weighted by Gasteiger charge is 2.12. The molecule has 0 aromatic heterocycles. The number of anilines is 1. The smallest absolute Gasteiger partial charge is 0.303 e. The van der Waals surface area contributed by atoms with Gasteiger partial charge in [-0.15, -0.1) is 0 Å². The van der Waals surface area contributed by atoms with Gasteiger partial charge in [0.1, 0.15) is 11.6 Å². The molecule has 0 bridgehead atoms. The molecule has 2 aromatic carbocycles. The van der Waals surface area contributed by atoms with Crippen molar-refractivity contribution >= 4 is 17.6 Å². The average molecular weight is 303 g/mol. The fourth-order valence-electron chi connectivity index (χ4n) is 1.93. The summed E-state index contributed by atoms with van der Waals surface area (Å²) in [6.45, 7) is 0. The first-order valence-electron chi connectivity index (χ1n) is 6.57. The first kappa shape index (κ1) is 15.5. The molecule has 0 heterocycles. The maximum absolute atomic E-state index is 13.8. The monoisotopic (exact) mass is 303 g/mol. The summed E-state index contributed by atoms with van der Waals surface area (Å²) in [5, 5.41) is 20.7. The first-order chi connectivity index (χ1) is 10.5. The second-order valence-corrected chi connectivity index (χ2v) is 4.67. The highest BCUT2D eigenvalue weighted by Crippen LogP contribution is 2.20. The van der Waals surface area contributed by atoms with Crippen LogP contribution in [-0.4, -0.2) is 22.1 Å².